The Hall–Kier alpha value is -1.03. The molecule has 1 aliphatic carbocycles. The number of benzene rings is 1. The number of ketones is 1. The van der Waals surface area contributed by atoms with E-state index in [0.29, 0.717) is 24.9 Å². The molecule has 0 saturated heterocycles. The first-order valence-electron chi connectivity index (χ1n) is 7.35. The number of rotatable bonds is 4. The van der Waals surface area contributed by atoms with Gasteiger partial charge in [0.2, 0.25) is 11.3 Å². The molecule has 2 atom stereocenters. The summed E-state index contributed by atoms with van der Waals surface area (Å²) in [6, 6.07) is 7.38. The van der Waals surface area contributed by atoms with E-state index in [-0.39, 0.29) is 11.8 Å². The average molecular weight is 444 g/mol. The average Bonchev–Trinajstić information content (AvgIpc) is 2.93. The van der Waals surface area contributed by atoms with E-state index in [1.165, 1.54) is 4.31 Å². The molecule has 0 saturated carbocycles. The number of Topliss-reactive ketones (excluding diaryl/α,β-unsaturated/α-hetero) is 1. The van der Waals surface area contributed by atoms with Crippen LogP contribution < -0.4 is 0 Å². The van der Waals surface area contributed by atoms with E-state index in [2.05, 4.69) is 27.6 Å². The lowest BCUT2D eigenvalue weighted by molar-refractivity contribution is 0.0955. The SMILES string of the molecule is C/C=C(/I)CN([C@@H]1CCC(=O)c2c1[nH]c1ccccc21)S(=O)O. The molecule has 122 valence electrons. The molecule has 0 bridgehead atoms. The molecule has 0 radical (unpaired) electrons. The van der Waals surface area contributed by atoms with E-state index in [4.69, 9.17) is 0 Å². The summed E-state index contributed by atoms with van der Waals surface area (Å²) < 4.78 is 24.1. The molecule has 1 unspecified atom stereocenters. The van der Waals surface area contributed by atoms with Crippen LogP contribution in [0.15, 0.2) is 33.9 Å². The summed E-state index contributed by atoms with van der Waals surface area (Å²) in [5.41, 5.74) is 2.31. The predicted octanol–water partition coefficient (Wildman–Crippen LogP) is 3.96. The van der Waals surface area contributed by atoms with Gasteiger partial charge in [-0.3, -0.25) is 9.35 Å². The molecule has 0 fully saturated rings. The number of carbonyl (C=O) groups is 1. The van der Waals surface area contributed by atoms with Crippen LogP contribution in [-0.4, -0.2) is 30.4 Å². The van der Waals surface area contributed by atoms with Gasteiger partial charge in [-0.1, -0.05) is 24.3 Å². The zero-order chi connectivity index (χ0) is 16.6. The zero-order valence-electron chi connectivity index (χ0n) is 12.6. The van der Waals surface area contributed by atoms with E-state index >= 15 is 0 Å². The molecule has 0 amide bonds. The van der Waals surface area contributed by atoms with E-state index in [1.807, 2.05) is 37.3 Å². The largest absolute Gasteiger partial charge is 0.356 e. The summed E-state index contributed by atoms with van der Waals surface area (Å²) in [4.78, 5) is 15.7. The van der Waals surface area contributed by atoms with Crippen LogP contribution in [0.25, 0.3) is 10.9 Å². The second-order valence-corrected chi connectivity index (χ2v) is 7.79. The van der Waals surface area contributed by atoms with Crippen LogP contribution in [0.2, 0.25) is 0 Å². The Morgan fingerprint density at radius 3 is 2.96 bits per heavy atom. The lowest BCUT2D eigenvalue weighted by Gasteiger charge is -2.30. The van der Waals surface area contributed by atoms with Crippen molar-refractivity contribution in [3.8, 4) is 0 Å². The van der Waals surface area contributed by atoms with Gasteiger partial charge in [0.15, 0.2) is 5.78 Å². The Morgan fingerprint density at radius 1 is 1.52 bits per heavy atom. The van der Waals surface area contributed by atoms with Crippen LogP contribution >= 0.6 is 22.6 Å². The number of hydrogen-bond donors (Lipinski definition) is 2. The fraction of sp³-hybridized carbons (Fsp3) is 0.312. The van der Waals surface area contributed by atoms with Crippen LogP contribution in [0.1, 0.15) is 41.9 Å². The van der Waals surface area contributed by atoms with Crippen LogP contribution in [0, 0.1) is 0 Å². The number of nitrogens with one attached hydrogen (secondary N) is 1. The van der Waals surface area contributed by atoms with Gasteiger partial charge in [-0.15, -0.1) is 0 Å². The molecule has 1 aromatic heterocycles. The molecule has 23 heavy (non-hydrogen) atoms. The third-order valence-electron chi connectivity index (χ3n) is 4.16. The van der Waals surface area contributed by atoms with Crippen molar-refractivity contribution in [1.82, 2.24) is 9.29 Å². The second-order valence-electron chi connectivity index (χ2n) is 5.48. The van der Waals surface area contributed by atoms with Crippen molar-refractivity contribution in [1.29, 1.82) is 0 Å². The fourth-order valence-corrected chi connectivity index (χ4v) is 4.33. The molecule has 1 aliphatic rings. The standard InChI is InChI=1S/C16H17IN2O3S/c1-2-10(17)9-19(23(21)22)13-7-8-14(20)15-11-5-3-4-6-12(11)18-16(13)15/h2-6,13,18H,7-9H2,1H3,(H,21,22)/b10-2+/t13-/m1/s1. The van der Waals surface area contributed by atoms with Crippen molar-refractivity contribution in [2.75, 3.05) is 6.54 Å². The van der Waals surface area contributed by atoms with Gasteiger partial charge >= 0.3 is 0 Å². The minimum absolute atomic E-state index is 0.0955. The van der Waals surface area contributed by atoms with Gasteiger partial charge in [0.1, 0.15) is 0 Å². The van der Waals surface area contributed by atoms with Gasteiger partial charge in [-0.05, 0) is 42.0 Å². The topological polar surface area (TPSA) is 73.4 Å². The Kier molecular flexibility index (Phi) is 5.00. The third kappa shape index (κ3) is 3.15. The Balaban J connectivity index is 2.10. The first-order valence-corrected chi connectivity index (χ1v) is 9.49. The molecule has 5 nitrogen and oxygen atoms in total. The van der Waals surface area contributed by atoms with Crippen LogP contribution in [0.4, 0.5) is 0 Å². The molecular formula is C16H17IN2O3S. The number of H-pyrrole nitrogens is 1. The first kappa shape index (κ1) is 16.8. The number of allylic oxidation sites excluding steroid dienone is 1. The highest BCUT2D eigenvalue weighted by Gasteiger charge is 2.35. The summed E-state index contributed by atoms with van der Waals surface area (Å²) in [5.74, 6) is 0.0955. The van der Waals surface area contributed by atoms with E-state index in [9.17, 15) is 13.6 Å². The Morgan fingerprint density at radius 2 is 2.26 bits per heavy atom. The van der Waals surface area contributed by atoms with E-state index < -0.39 is 11.3 Å². The molecule has 2 N–H and O–H groups in total. The predicted molar refractivity (Wildman–Crippen MR) is 99.9 cm³/mol. The van der Waals surface area contributed by atoms with E-state index in [1.54, 1.807) is 0 Å². The highest BCUT2D eigenvalue weighted by molar-refractivity contribution is 14.1. The minimum Gasteiger partial charge on any atom is -0.356 e. The number of para-hydroxylation sites is 1. The molecule has 0 aliphatic heterocycles. The van der Waals surface area contributed by atoms with Crippen LogP contribution in [0.3, 0.4) is 0 Å². The zero-order valence-corrected chi connectivity index (χ0v) is 15.6. The summed E-state index contributed by atoms with van der Waals surface area (Å²) in [5, 5.41) is 0.890. The van der Waals surface area contributed by atoms with Crippen LogP contribution in [0.5, 0.6) is 0 Å². The summed E-state index contributed by atoms with van der Waals surface area (Å²) in [7, 11) is 0. The monoisotopic (exact) mass is 444 g/mol. The van der Waals surface area contributed by atoms with Gasteiger partial charge in [0.25, 0.3) is 0 Å². The van der Waals surface area contributed by atoms with Crippen molar-refractivity contribution < 1.29 is 13.6 Å². The highest BCUT2D eigenvalue weighted by Crippen LogP contribution is 2.38. The molecule has 1 aromatic carbocycles. The quantitative estimate of drug-likeness (QED) is 0.554. The smallest absolute Gasteiger partial charge is 0.235 e. The normalized spacial score (nSPS) is 20.1. The molecule has 0 spiro atoms. The highest BCUT2D eigenvalue weighted by atomic mass is 127. The minimum atomic E-state index is -2.11. The van der Waals surface area contributed by atoms with Gasteiger partial charge in [-0.25, -0.2) is 4.21 Å². The maximum absolute atomic E-state index is 12.4. The van der Waals surface area contributed by atoms with Gasteiger partial charge in [0.05, 0.1) is 6.04 Å². The van der Waals surface area contributed by atoms with Gasteiger partial charge in [-0.2, -0.15) is 4.31 Å². The third-order valence-corrected chi connectivity index (χ3v) is 5.91. The maximum Gasteiger partial charge on any atom is 0.235 e. The van der Waals surface area contributed by atoms with Gasteiger partial charge in [0, 0.05) is 38.7 Å². The van der Waals surface area contributed by atoms with Gasteiger partial charge < -0.3 is 4.98 Å². The number of carbonyl (C=O) groups excluding carboxylic acids is 1. The van der Waals surface area contributed by atoms with E-state index in [0.717, 1.165) is 20.2 Å². The lowest BCUT2D eigenvalue weighted by atomic mass is 9.90. The number of nitrogens with zero attached hydrogens (tertiary/aromatic N) is 1. The fourth-order valence-electron chi connectivity index (χ4n) is 3.05. The van der Waals surface area contributed by atoms with Crippen molar-refractivity contribution >= 4 is 50.5 Å². The molecule has 7 heteroatoms. The maximum atomic E-state index is 12.4. The van der Waals surface area contributed by atoms with Crippen molar-refractivity contribution in [3.63, 3.8) is 0 Å². The molecular weight excluding hydrogens is 427 g/mol. The van der Waals surface area contributed by atoms with Crippen molar-refractivity contribution in [2.45, 2.75) is 25.8 Å². The number of aromatic amines is 1. The van der Waals surface area contributed by atoms with Crippen molar-refractivity contribution in [3.05, 3.63) is 45.2 Å². The number of hydrogen-bond acceptors (Lipinski definition) is 2. The summed E-state index contributed by atoms with van der Waals surface area (Å²) in [6.07, 6.45) is 2.85. The number of fused-ring (bicyclic) bond motifs is 3. The Bertz CT molecular complexity index is 815. The Labute approximate surface area is 150 Å². The molecule has 3 rings (SSSR count). The summed E-state index contributed by atoms with van der Waals surface area (Å²) in [6.45, 7) is 2.28. The second kappa shape index (κ2) is 6.84. The lowest BCUT2D eigenvalue weighted by Crippen LogP contribution is -2.34. The molecule has 2 aromatic rings. The number of halogens is 1. The first-order chi connectivity index (χ1) is 11.0. The van der Waals surface area contributed by atoms with Crippen molar-refractivity contribution in [2.24, 2.45) is 0 Å². The number of aromatic nitrogens is 1. The van der Waals surface area contributed by atoms with Crippen LogP contribution in [-0.2, 0) is 11.3 Å². The molecule has 1 heterocycles. The summed E-state index contributed by atoms with van der Waals surface area (Å²) >= 11 is 0.0581.